The average molecular weight is 380 g/mol. The smallest absolute Gasteiger partial charge is 0.248 e. The van der Waals surface area contributed by atoms with Crippen molar-refractivity contribution in [2.75, 3.05) is 5.32 Å². The minimum atomic E-state index is -0.313. The Morgan fingerprint density at radius 1 is 1.07 bits per heavy atom. The van der Waals surface area contributed by atoms with Crippen LogP contribution in [0.4, 0.5) is 5.69 Å². The van der Waals surface area contributed by atoms with E-state index in [1.165, 1.54) is 13.0 Å². The first-order valence-corrected chi connectivity index (χ1v) is 8.76. The van der Waals surface area contributed by atoms with E-state index in [4.69, 9.17) is 16.0 Å². The molecule has 0 aliphatic heterocycles. The van der Waals surface area contributed by atoms with Gasteiger partial charge in [-0.3, -0.25) is 9.59 Å². The highest BCUT2D eigenvalue weighted by molar-refractivity contribution is 6.31. The number of nitrogens with one attached hydrogen (secondary N) is 1. The van der Waals surface area contributed by atoms with Gasteiger partial charge in [0.2, 0.25) is 5.91 Å². The minimum Gasteiger partial charge on any atom is -0.457 e. The number of hydrogen-bond donors (Lipinski definition) is 1. The van der Waals surface area contributed by atoms with Gasteiger partial charge in [0.1, 0.15) is 11.5 Å². The van der Waals surface area contributed by atoms with E-state index < -0.39 is 0 Å². The number of anilines is 1. The van der Waals surface area contributed by atoms with Gasteiger partial charge in [-0.1, -0.05) is 35.9 Å². The van der Waals surface area contributed by atoms with Gasteiger partial charge < -0.3 is 9.73 Å². The van der Waals surface area contributed by atoms with E-state index in [0.29, 0.717) is 27.8 Å². The maximum Gasteiger partial charge on any atom is 0.248 e. The van der Waals surface area contributed by atoms with Crippen molar-refractivity contribution in [3.05, 3.63) is 82.6 Å². The molecule has 0 radical (unpaired) electrons. The molecule has 0 aliphatic carbocycles. The number of amides is 1. The SMILES string of the molecule is CC(=O)c1cccc(NC(=O)/C=C/c2ccc(-c3ccc(C)c(Cl)c3)o2)c1. The van der Waals surface area contributed by atoms with Crippen molar-refractivity contribution in [3.63, 3.8) is 0 Å². The predicted octanol–water partition coefficient (Wildman–Crippen LogP) is 5.76. The number of rotatable bonds is 5. The summed E-state index contributed by atoms with van der Waals surface area (Å²) >= 11 is 6.15. The topological polar surface area (TPSA) is 59.3 Å². The fourth-order valence-electron chi connectivity index (χ4n) is 2.50. The van der Waals surface area contributed by atoms with Gasteiger partial charge >= 0.3 is 0 Å². The average Bonchev–Trinajstić information content (AvgIpc) is 3.11. The third-order valence-corrected chi connectivity index (χ3v) is 4.43. The molecule has 3 aromatic rings. The number of halogens is 1. The molecule has 0 aliphatic rings. The fourth-order valence-corrected chi connectivity index (χ4v) is 2.68. The van der Waals surface area contributed by atoms with Crippen LogP contribution in [0.2, 0.25) is 5.02 Å². The standard InChI is InChI=1S/C22H18ClNO3/c1-14-6-7-17(13-20(14)23)21-10-8-19(27-21)9-11-22(26)24-18-5-3-4-16(12-18)15(2)25/h3-13H,1-2H3,(H,24,26)/b11-9+. The summed E-state index contributed by atoms with van der Waals surface area (Å²) < 4.78 is 5.75. The van der Waals surface area contributed by atoms with Crippen LogP contribution in [-0.4, -0.2) is 11.7 Å². The zero-order valence-corrected chi connectivity index (χ0v) is 15.7. The lowest BCUT2D eigenvalue weighted by Gasteiger charge is -2.03. The van der Waals surface area contributed by atoms with Gasteiger partial charge in [0.25, 0.3) is 0 Å². The summed E-state index contributed by atoms with van der Waals surface area (Å²) in [7, 11) is 0. The molecule has 0 unspecified atom stereocenters. The van der Waals surface area contributed by atoms with Crippen LogP contribution in [0.25, 0.3) is 17.4 Å². The molecule has 3 rings (SSSR count). The van der Waals surface area contributed by atoms with Crippen molar-refractivity contribution in [2.45, 2.75) is 13.8 Å². The number of carbonyl (C=O) groups is 2. The van der Waals surface area contributed by atoms with Crippen LogP contribution in [0.5, 0.6) is 0 Å². The third-order valence-electron chi connectivity index (χ3n) is 4.02. The Hall–Kier alpha value is -3.11. The Balaban J connectivity index is 1.68. The van der Waals surface area contributed by atoms with Gasteiger partial charge in [-0.2, -0.15) is 0 Å². The molecule has 1 N–H and O–H groups in total. The molecule has 0 atom stereocenters. The summed E-state index contributed by atoms with van der Waals surface area (Å²) in [5.41, 5.74) is 2.98. The van der Waals surface area contributed by atoms with Crippen molar-refractivity contribution in [3.8, 4) is 11.3 Å². The number of furan rings is 1. The van der Waals surface area contributed by atoms with Crippen LogP contribution in [0.15, 0.2) is 65.1 Å². The van der Waals surface area contributed by atoms with E-state index in [1.807, 2.05) is 31.2 Å². The van der Waals surface area contributed by atoms with Crippen molar-refractivity contribution in [1.82, 2.24) is 0 Å². The van der Waals surface area contributed by atoms with Crippen molar-refractivity contribution >= 4 is 35.1 Å². The van der Waals surface area contributed by atoms with Gasteiger partial charge in [-0.05, 0) is 55.8 Å². The van der Waals surface area contributed by atoms with Crippen molar-refractivity contribution < 1.29 is 14.0 Å². The Labute approximate surface area is 162 Å². The fraction of sp³-hybridized carbons (Fsp3) is 0.0909. The predicted molar refractivity (Wildman–Crippen MR) is 108 cm³/mol. The summed E-state index contributed by atoms with van der Waals surface area (Å²) in [5.74, 6) is 0.855. The van der Waals surface area contributed by atoms with Crippen LogP contribution < -0.4 is 5.32 Å². The Kier molecular flexibility index (Phi) is 5.57. The maximum atomic E-state index is 12.1. The molecule has 136 valence electrons. The highest BCUT2D eigenvalue weighted by atomic mass is 35.5. The van der Waals surface area contributed by atoms with E-state index in [-0.39, 0.29) is 11.7 Å². The van der Waals surface area contributed by atoms with Gasteiger partial charge in [0.15, 0.2) is 5.78 Å². The molecule has 0 saturated heterocycles. The van der Waals surface area contributed by atoms with E-state index in [2.05, 4.69) is 5.32 Å². The number of carbonyl (C=O) groups excluding carboxylic acids is 2. The quantitative estimate of drug-likeness (QED) is 0.452. The van der Waals surface area contributed by atoms with E-state index in [1.54, 1.807) is 36.4 Å². The lowest BCUT2D eigenvalue weighted by molar-refractivity contribution is -0.111. The van der Waals surface area contributed by atoms with E-state index >= 15 is 0 Å². The van der Waals surface area contributed by atoms with Crippen LogP contribution in [0.1, 0.15) is 28.6 Å². The normalized spacial score (nSPS) is 10.9. The molecule has 4 nitrogen and oxygen atoms in total. The molecule has 1 amide bonds. The lowest BCUT2D eigenvalue weighted by atomic mass is 10.1. The molecule has 1 aromatic heterocycles. The second-order valence-corrected chi connectivity index (χ2v) is 6.53. The molecule has 2 aromatic carbocycles. The largest absolute Gasteiger partial charge is 0.457 e. The van der Waals surface area contributed by atoms with Gasteiger partial charge in [0.05, 0.1) is 0 Å². The molecule has 0 saturated carbocycles. The Morgan fingerprint density at radius 2 is 1.89 bits per heavy atom. The molecule has 0 fully saturated rings. The number of aryl methyl sites for hydroxylation is 1. The second kappa shape index (κ2) is 8.06. The molecule has 0 spiro atoms. The summed E-state index contributed by atoms with van der Waals surface area (Å²) in [5, 5.41) is 3.40. The first kappa shape index (κ1) is 18.7. The Bertz CT molecular complexity index is 1030. The monoisotopic (exact) mass is 379 g/mol. The molecular formula is C22H18ClNO3. The summed E-state index contributed by atoms with van der Waals surface area (Å²) in [4.78, 5) is 23.5. The maximum absolute atomic E-state index is 12.1. The highest BCUT2D eigenvalue weighted by Crippen LogP contribution is 2.27. The molecule has 27 heavy (non-hydrogen) atoms. The van der Waals surface area contributed by atoms with Crippen LogP contribution in [0.3, 0.4) is 0 Å². The molecule has 5 heteroatoms. The van der Waals surface area contributed by atoms with Crippen molar-refractivity contribution in [1.29, 1.82) is 0 Å². The zero-order chi connectivity index (χ0) is 19.4. The molecule has 1 heterocycles. The van der Waals surface area contributed by atoms with Crippen molar-refractivity contribution in [2.24, 2.45) is 0 Å². The Morgan fingerprint density at radius 3 is 2.63 bits per heavy atom. The summed E-state index contributed by atoms with van der Waals surface area (Å²) in [6.45, 7) is 3.42. The van der Waals surface area contributed by atoms with Crippen LogP contribution >= 0.6 is 11.6 Å². The van der Waals surface area contributed by atoms with E-state index in [9.17, 15) is 9.59 Å². The van der Waals surface area contributed by atoms with Crippen LogP contribution in [-0.2, 0) is 4.79 Å². The number of ketones is 1. The number of benzene rings is 2. The van der Waals surface area contributed by atoms with Gasteiger partial charge in [0, 0.05) is 27.9 Å². The van der Waals surface area contributed by atoms with E-state index in [0.717, 1.165) is 11.1 Å². The van der Waals surface area contributed by atoms with Crippen LogP contribution in [0, 0.1) is 6.92 Å². The zero-order valence-electron chi connectivity index (χ0n) is 15.0. The minimum absolute atomic E-state index is 0.0547. The highest BCUT2D eigenvalue weighted by Gasteiger charge is 2.06. The molecule has 0 bridgehead atoms. The third kappa shape index (κ3) is 4.74. The van der Waals surface area contributed by atoms with Gasteiger partial charge in [-0.15, -0.1) is 0 Å². The lowest BCUT2D eigenvalue weighted by Crippen LogP contribution is -2.08. The number of hydrogen-bond acceptors (Lipinski definition) is 3. The number of Topliss-reactive ketones (excluding diaryl/α,β-unsaturated/α-hetero) is 1. The second-order valence-electron chi connectivity index (χ2n) is 6.13. The summed E-state index contributed by atoms with van der Waals surface area (Å²) in [6, 6.07) is 16.1. The summed E-state index contributed by atoms with van der Waals surface area (Å²) in [6.07, 6.45) is 2.97. The molecular weight excluding hydrogens is 362 g/mol. The first-order valence-electron chi connectivity index (χ1n) is 8.39. The first-order chi connectivity index (χ1) is 12.9. The van der Waals surface area contributed by atoms with Gasteiger partial charge in [-0.25, -0.2) is 0 Å².